The Morgan fingerprint density at radius 3 is 2.79 bits per heavy atom. The summed E-state index contributed by atoms with van der Waals surface area (Å²) in [7, 11) is 0. The van der Waals surface area contributed by atoms with Crippen molar-refractivity contribution >= 4 is 34.7 Å². The number of rotatable bonds is 6. The van der Waals surface area contributed by atoms with Crippen molar-refractivity contribution in [1.82, 2.24) is 14.9 Å². The Labute approximate surface area is 172 Å². The Balaban J connectivity index is 1.74. The summed E-state index contributed by atoms with van der Waals surface area (Å²) >= 11 is 1.03. The van der Waals surface area contributed by atoms with Crippen LogP contribution in [0.5, 0.6) is 5.75 Å². The molecule has 7 nitrogen and oxygen atoms in total. The number of carbonyl (C=O) groups is 1. The van der Waals surface area contributed by atoms with Gasteiger partial charge in [-0.2, -0.15) is 9.78 Å². The van der Waals surface area contributed by atoms with Crippen molar-refractivity contribution in [2.45, 2.75) is 43.2 Å². The molecule has 1 saturated carbocycles. The molecule has 29 heavy (non-hydrogen) atoms. The molecule has 1 heterocycles. The van der Waals surface area contributed by atoms with Crippen LogP contribution in [-0.2, 0) is 4.79 Å². The Hall–Kier alpha value is -2.87. The first kappa shape index (κ1) is 19.4. The monoisotopic (exact) mass is 409 g/mol. The van der Waals surface area contributed by atoms with E-state index in [1.54, 1.807) is 17.0 Å². The van der Waals surface area contributed by atoms with Crippen molar-refractivity contribution in [1.29, 1.82) is 0 Å². The predicted molar refractivity (Wildman–Crippen MR) is 110 cm³/mol. The average Bonchev–Trinajstić information content (AvgIpc) is 3.15. The first-order valence-electron chi connectivity index (χ1n) is 9.66. The van der Waals surface area contributed by atoms with Crippen molar-refractivity contribution < 1.29 is 15.0 Å². The van der Waals surface area contributed by atoms with Gasteiger partial charge in [-0.15, -0.1) is 10.2 Å². The smallest absolute Gasteiger partial charge is 0.212 e. The van der Waals surface area contributed by atoms with E-state index in [9.17, 15) is 15.0 Å². The molecule has 2 aromatic carbocycles. The number of aromatic hydroxyl groups is 1. The third-order valence-corrected chi connectivity index (χ3v) is 6.07. The summed E-state index contributed by atoms with van der Waals surface area (Å²) in [5, 5.41) is 36.6. The molecule has 0 amide bonds. The molecule has 3 aromatic rings. The van der Waals surface area contributed by atoms with E-state index < -0.39 is 5.97 Å². The average molecular weight is 409 g/mol. The number of hydrogen-bond acceptors (Lipinski definition) is 7. The third kappa shape index (κ3) is 4.27. The van der Waals surface area contributed by atoms with Crippen LogP contribution in [0.1, 0.15) is 49.4 Å². The summed E-state index contributed by atoms with van der Waals surface area (Å²) in [4.78, 5) is 10.9. The molecule has 0 aliphatic heterocycles. The van der Waals surface area contributed by atoms with Gasteiger partial charge in [-0.25, -0.2) is 0 Å². The van der Waals surface area contributed by atoms with Crippen LogP contribution in [0.15, 0.2) is 46.7 Å². The highest BCUT2D eigenvalue weighted by atomic mass is 32.2. The minimum atomic E-state index is -1.17. The van der Waals surface area contributed by atoms with E-state index in [0.717, 1.165) is 54.0 Å². The molecule has 1 aliphatic carbocycles. The molecule has 0 saturated heterocycles. The van der Waals surface area contributed by atoms with Crippen LogP contribution in [0, 0.1) is 0 Å². The molecule has 150 valence electrons. The second-order valence-corrected chi connectivity index (χ2v) is 8.05. The molecule has 4 rings (SSSR count). The number of aliphatic carboxylic acids is 1. The highest BCUT2D eigenvalue weighted by molar-refractivity contribution is 7.99. The zero-order chi connectivity index (χ0) is 20.2. The number of carboxylic acid groups (broad SMARTS) is 1. The van der Waals surface area contributed by atoms with Gasteiger partial charge >= 0.3 is 0 Å². The third-order valence-electron chi connectivity index (χ3n) is 5.18. The van der Waals surface area contributed by atoms with Gasteiger partial charge in [0.2, 0.25) is 5.16 Å². The predicted octanol–water partition coefficient (Wildman–Crippen LogP) is 2.91. The molecular formula is C21H21N4O3S-. The van der Waals surface area contributed by atoms with E-state index in [1.165, 1.54) is 6.42 Å². The number of nitrogens with zero attached hydrogens (tertiary/aromatic N) is 4. The molecule has 0 spiro atoms. The van der Waals surface area contributed by atoms with Gasteiger partial charge in [-0.1, -0.05) is 61.4 Å². The second-order valence-electron chi connectivity index (χ2n) is 7.11. The number of benzene rings is 2. The van der Waals surface area contributed by atoms with Gasteiger partial charge in [0.25, 0.3) is 0 Å². The maximum absolute atomic E-state index is 10.9. The van der Waals surface area contributed by atoms with E-state index in [0.29, 0.717) is 10.7 Å². The molecule has 0 unspecified atom stereocenters. The Kier molecular flexibility index (Phi) is 5.80. The minimum absolute atomic E-state index is 0.128. The number of fused-ring (bicyclic) bond motifs is 1. The fourth-order valence-corrected chi connectivity index (χ4v) is 4.36. The van der Waals surface area contributed by atoms with Crippen LogP contribution in [-0.4, -0.2) is 37.9 Å². The van der Waals surface area contributed by atoms with Gasteiger partial charge in [-0.05, 0) is 29.7 Å². The number of hydrogen-bond donors (Lipinski definition) is 1. The summed E-state index contributed by atoms with van der Waals surface area (Å²) in [6.45, 7) is 0. The summed E-state index contributed by atoms with van der Waals surface area (Å²) < 4.78 is 1.62. The van der Waals surface area contributed by atoms with Crippen molar-refractivity contribution in [3.05, 3.63) is 47.8 Å². The first-order chi connectivity index (χ1) is 14.1. The maximum atomic E-state index is 10.9. The second kappa shape index (κ2) is 8.65. The van der Waals surface area contributed by atoms with E-state index in [1.807, 2.05) is 30.3 Å². The Morgan fingerprint density at radius 2 is 2.00 bits per heavy atom. The van der Waals surface area contributed by atoms with Crippen LogP contribution in [0.4, 0.5) is 0 Å². The zero-order valence-electron chi connectivity index (χ0n) is 15.8. The molecule has 1 N–H and O–H groups in total. The molecule has 0 atom stereocenters. The SMILES string of the molecule is O=C([O-])CSc1nnc(C2CCCCC2)n1/N=C/c1c(O)ccc2ccccc12. The van der Waals surface area contributed by atoms with Gasteiger partial charge in [0, 0.05) is 17.2 Å². The van der Waals surface area contributed by atoms with E-state index in [4.69, 9.17) is 0 Å². The lowest BCUT2D eigenvalue weighted by Crippen LogP contribution is -2.24. The largest absolute Gasteiger partial charge is 0.549 e. The summed E-state index contributed by atoms with van der Waals surface area (Å²) in [5.41, 5.74) is 0.599. The van der Waals surface area contributed by atoms with Gasteiger partial charge in [0.1, 0.15) is 5.75 Å². The summed E-state index contributed by atoms with van der Waals surface area (Å²) in [5.74, 6) is -0.283. The van der Waals surface area contributed by atoms with Crippen molar-refractivity contribution in [2.75, 3.05) is 5.75 Å². The highest BCUT2D eigenvalue weighted by Gasteiger charge is 2.23. The molecule has 0 radical (unpaired) electrons. The fourth-order valence-electron chi connectivity index (χ4n) is 3.75. The Bertz CT molecular complexity index is 1060. The number of phenolic OH excluding ortho intramolecular Hbond substituents is 1. The fraction of sp³-hybridized carbons (Fsp3) is 0.333. The topological polar surface area (TPSA) is 103 Å². The summed E-state index contributed by atoms with van der Waals surface area (Å²) in [6, 6.07) is 11.2. The molecular weight excluding hydrogens is 388 g/mol. The van der Waals surface area contributed by atoms with E-state index in [-0.39, 0.29) is 17.4 Å². The van der Waals surface area contributed by atoms with E-state index in [2.05, 4.69) is 15.3 Å². The lowest BCUT2D eigenvalue weighted by atomic mass is 9.89. The number of thioether (sulfide) groups is 1. The van der Waals surface area contributed by atoms with Gasteiger partial charge in [0.15, 0.2) is 5.82 Å². The van der Waals surface area contributed by atoms with Crippen LogP contribution in [0.25, 0.3) is 10.8 Å². The molecule has 1 fully saturated rings. The van der Waals surface area contributed by atoms with Crippen LogP contribution < -0.4 is 5.11 Å². The van der Waals surface area contributed by atoms with Crippen molar-refractivity contribution in [3.63, 3.8) is 0 Å². The highest BCUT2D eigenvalue weighted by Crippen LogP contribution is 2.33. The number of carbonyl (C=O) groups excluding carboxylic acids is 1. The summed E-state index contributed by atoms with van der Waals surface area (Å²) in [6.07, 6.45) is 7.09. The van der Waals surface area contributed by atoms with E-state index >= 15 is 0 Å². The van der Waals surface area contributed by atoms with Gasteiger partial charge < -0.3 is 15.0 Å². The molecule has 1 aromatic heterocycles. The van der Waals surface area contributed by atoms with Crippen molar-refractivity contribution in [3.8, 4) is 5.75 Å². The zero-order valence-corrected chi connectivity index (χ0v) is 16.6. The first-order valence-corrected chi connectivity index (χ1v) is 10.6. The number of aromatic nitrogens is 3. The minimum Gasteiger partial charge on any atom is -0.549 e. The lowest BCUT2D eigenvalue weighted by Gasteiger charge is -2.20. The van der Waals surface area contributed by atoms with Crippen LogP contribution >= 0.6 is 11.8 Å². The van der Waals surface area contributed by atoms with Gasteiger partial charge in [-0.3, -0.25) is 0 Å². The molecule has 8 heteroatoms. The quantitative estimate of drug-likeness (QED) is 0.496. The standard InChI is InChI=1S/C21H22N4O3S/c26-18-11-10-14-6-4-5-9-16(14)17(18)12-22-25-20(15-7-2-1-3-8-15)23-24-21(25)29-13-19(27)28/h4-6,9-12,15,26H,1-3,7-8,13H2,(H,27,28)/p-1/b22-12+. The van der Waals surface area contributed by atoms with Crippen molar-refractivity contribution in [2.24, 2.45) is 5.10 Å². The van der Waals surface area contributed by atoms with Crippen LogP contribution in [0.3, 0.4) is 0 Å². The lowest BCUT2D eigenvalue weighted by molar-refractivity contribution is -0.301. The maximum Gasteiger partial charge on any atom is 0.212 e. The normalized spacial score (nSPS) is 15.3. The molecule has 1 aliphatic rings. The van der Waals surface area contributed by atoms with Crippen LogP contribution in [0.2, 0.25) is 0 Å². The van der Waals surface area contributed by atoms with Gasteiger partial charge in [0.05, 0.1) is 12.2 Å². The molecule has 0 bridgehead atoms. The number of phenols is 1. The number of carboxylic acids is 1. The Morgan fingerprint density at radius 1 is 1.21 bits per heavy atom.